The Bertz CT molecular complexity index is 1180. The van der Waals surface area contributed by atoms with Crippen molar-refractivity contribution < 1.29 is 35.1 Å². The highest BCUT2D eigenvalue weighted by Crippen LogP contribution is 2.75. The van der Waals surface area contributed by atoms with E-state index in [2.05, 4.69) is 59.9 Å². The lowest BCUT2D eigenvalue weighted by molar-refractivity contribution is -0.238. The topological polar surface area (TPSA) is 139 Å². The number of ether oxygens (including phenoxy) is 1. The van der Waals surface area contributed by atoms with E-state index in [9.17, 15) is 30.3 Å². The maximum atomic E-state index is 14.5. The summed E-state index contributed by atoms with van der Waals surface area (Å²) in [4.78, 5) is 14.5. The van der Waals surface area contributed by atoms with E-state index in [1.807, 2.05) is 0 Å². The summed E-state index contributed by atoms with van der Waals surface area (Å²) in [5.74, 6) is 0.899. The zero-order valence-electron chi connectivity index (χ0n) is 28.1. The third-order valence-electron chi connectivity index (χ3n) is 15.2. The monoisotopic (exact) mass is 617 g/mol. The van der Waals surface area contributed by atoms with Crippen LogP contribution in [0.1, 0.15) is 113 Å². The minimum absolute atomic E-state index is 0.0465. The fourth-order valence-corrected chi connectivity index (χ4v) is 12.1. The van der Waals surface area contributed by atoms with Gasteiger partial charge in [0, 0.05) is 0 Å². The maximum Gasteiger partial charge on any atom is 0.228 e. The highest BCUT2D eigenvalue weighted by Gasteiger charge is 2.69. The maximum absolute atomic E-state index is 14.5. The Labute approximate surface area is 264 Å². The molecule has 0 radical (unpaired) electrons. The molecular formula is C36H59NO7. The van der Waals surface area contributed by atoms with Gasteiger partial charge in [-0.2, -0.15) is 0 Å². The quantitative estimate of drug-likeness (QED) is 0.263. The molecule has 4 saturated carbocycles. The van der Waals surface area contributed by atoms with Gasteiger partial charge in [-0.05, 0) is 109 Å². The molecule has 1 heterocycles. The number of fused-ring (bicyclic) bond motifs is 7. The molecule has 1 saturated heterocycles. The standard InChI is InChI=1S/C36H59NO7/c1-31(2)14-16-36(30(43)37-29-28(42)27(41)26(40)22(19-38)44-29)17-15-34(6)20(21(36)18-31)8-9-24-33(5)12-11-25(39)32(3,4)23(33)10-13-35(24,34)7/h8,21-29,38-42H,9-19H2,1-7H3,(H,37,43)/t21?,22?,23?,24?,25-,26-,27+,28?,29-,33-,34+,35+,36-/m0/s1. The largest absolute Gasteiger partial charge is 0.394 e. The lowest BCUT2D eigenvalue weighted by atomic mass is 9.33. The van der Waals surface area contributed by atoms with Crippen LogP contribution in [0.2, 0.25) is 0 Å². The average molecular weight is 618 g/mol. The van der Waals surface area contributed by atoms with Crippen LogP contribution in [0.25, 0.3) is 0 Å². The lowest BCUT2D eigenvalue weighted by Gasteiger charge is -2.71. The fraction of sp³-hybridized carbons (Fsp3) is 0.917. The van der Waals surface area contributed by atoms with Crippen LogP contribution < -0.4 is 5.32 Å². The molecule has 6 rings (SSSR count). The number of hydrogen-bond acceptors (Lipinski definition) is 7. The molecular weight excluding hydrogens is 558 g/mol. The first-order chi connectivity index (χ1) is 20.4. The average Bonchev–Trinajstić information content (AvgIpc) is 2.95. The van der Waals surface area contributed by atoms with E-state index in [4.69, 9.17) is 4.74 Å². The Kier molecular flexibility index (Phi) is 7.84. The van der Waals surface area contributed by atoms with E-state index in [1.54, 1.807) is 0 Å². The van der Waals surface area contributed by atoms with Crippen LogP contribution in [0.3, 0.4) is 0 Å². The molecule has 5 fully saturated rings. The normalized spacial score (nSPS) is 52.8. The van der Waals surface area contributed by atoms with Gasteiger partial charge in [-0.15, -0.1) is 0 Å². The number of hydrogen-bond donors (Lipinski definition) is 6. The van der Waals surface area contributed by atoms with Crippen LogP contribution in [0.5, 0.6) is 0 Å². The third kappa shape index (κ3) is 4.40. The summed E-state index contributed by atoms with van der Waals surface area (Å²) < 4.78 is 5.73. The fourth-order valence-electron chi connectivity index (χ4n) is 12.1. The van der Waals surface area contributed by atoms with Gasteiger partial charge in [0.25, 0.3) is 0 Å². The molecule has 1 aliphatic heterocycles. The number of rotatable bonds is 3. The van der Waals surface area contributed by atoms with Crippen LogP contribution in [-0.4, -0.2) is 74.8 Å². The van der Waals surface area contributed by atoms with Gasteiger partial charge in [0.1, 0.15) is 24.4 Å². The van der Waals surface area contributed by atoms with Crippen LogP contribution in [0.15, 0.2) is 11.6 Å². The smallest absolute Gasteiger partial charge is 0.228 e. The van der Waals surface area contributed by atoms with Crippen molar-refractivity contribution in [1.82, 2.24) is 5.32 Å². The van der Waals surface area contributed by atoms with Crippen molar-refractivity contribution >= 4 is 5.91 Å². The molecule has 0 bridgehead atoms. The van der Waals surface area contributed by atoms with Gasteiger partial charge >= 0.3 is 0 Å². The molecule has 0 aromatic heterocycles. The summed E-state index contributed by atoms with van der Waals surface area (Å²) >= 11 is 0. The Morgan fingerprint density at radius 3 is 2.23 bits per heavy atom. The van der Waals surface area contributed by atoms with Gasteiger partial charge in [-0.25, -0.2) is 0 Å². The summed E-state index contributed by atoms with van der Waals surface area (Å²) in [6, 6.07) is 0. The van der Waals surface area contributed by atoms with Gasteiger partial charge in [-0.1, -0.05) is 60.1 Å². The molecule has 5 aliphatic carbocycles. The molecule has 0 aromatic rings. The van der Waals surface area contributed by atoms with Crippen molar-refractivity contribution in [1.29, 1.82) is 0 Å². The molecule has 8 heteroatoms. The molecule has 0 aromatic carbocycles. The van der Waals surface area contributed by atoms with Crippen LogP contribution in [0.4, 0.5) is 0 Å². The first-order valence-electron chi connectivity index (χ1n) is 17.4. The van der Waals surface area contributed by atoms with Crippen molar-refractivity contribution in [3.8, 4) is 0 Å². The molecule has 6 N–H and O–H groups in total. The zero-order chi connectivity index (χ0) is 32.3. The van der Waals surface area contributed by atoms with Crippen molar-refractivity contribution in [2.45, 2.75) is 149 Å². The van der Waals surface area contributed by atoms with E-state index in [0.717, 1.165) is 64.2 Å². The van der Waals surface area contributed by atoms with E-state index in [0.29, 0.717) is 11.8 Å². The summed E-state index contributed by atoms with van der Waals surface area (Å²) in [7, 11) is 0. The van der Waals surface area contributed by atoms with E-state index >= 15 is 0 Å². The number of nitrogens with one attached hydrogen (secondary N) is 1. The van der Waals surface area contributed by atoms with Crippen molar-refractivity contribution in [2.24, 2.45) is 50.2 Å². The zero-order valence-corrected chi connectivity index (χ0v) is 28.1. The van der Waals surface area contributed by atoms with Crippen molar-refractivity contribution in [3.63, 3.8) is 0 Å². The molecule has 1 amide bonds. The molecule has 44 heavy (non-hydrogen) atoms. The first kappa shape index (κ1) is 32.9. The third-order valence-corrected chi connectivity index (χ3v) is 15.2. The van der Waals surface area contributed by atoms with Gasteiger partial charge in [0.05, 0.1) is 18.1 Å². The Morgan fingerprint density at radius 2 is 1.55 bits per heavy atom. The minimum atomic E-state index is -1.53. The van der Waals surface area contributed by atoms with E-state index < -0.39 is 42.7 Å². The molecule has 6 aliphatic rings. The molecule has 250 valence electrons. The molecule has 5 unspecified atom stereocenters. The molecule has 13 atom stereocenters. The number of aliphatic hydroxyl groups excluding tert-OH is 5. The summed E-state index contributed by atoms with van der Waals surface area (Å²) in [6.45, 7) is 16.2. The van der Waals surface area contributed by atoms with Crippen molar-refractivity contribution in [2.75, 3.05) is 6.61 Å². The van der Waals surface area contributed by atoms with Crippen LogP contribution >= 0.6 is 0 Å². The van der Waals surface area contributed by atoms with E-state index in [-0.39, 0.29) is 45.0 Å². The number of carbonyl (C=O) groups is 1. The van der Waals surface area contributed by atoms with Crippen LogP contribution in [-0.2, 0) is 9.53 Å². The minimum Gasteiger partial charge on any atom is -0.394 e. The second-order valence-corrected chi connectivity index (χ2v) is 18.0. The highest BCUT2D eigenvalue weighted by atomic mass is 16.6. The predicted molar refractivity (Wildman–Crippen MR) is 167 cm³/mol. The summed E-state index contributed by atoms with van der Waals surface area (Å²) in [6.07, 6.45) is 4.92. The predicted octanol–water partition coefficient (Wildman–Crippen LogP) is 4.07. The van der Waals surface area contributed by atoms with Crippen molar-refractivity contribution in [3.05, 3.63) is 11.6 Å². The van der Waals surface area contributed by atoms with Gasteiger partial charge in [0.2, 0.25) is 5.91 Å². The summed E-state index contributed by atoms with van der Waals surface area (Å²) in [5.41, 5.74) is 0.967. The SMILES string of the molecule is CC1(C)CC[C@]2(C(=O)N[C@H]3OC(CO)[C@H](O)[C@@H](O)C3O)CC[C@]3(C)C(=CCC4[C@@]5(C)CC[C@H](O)C(C)(C)C5CC[C@]43C)C2C1. The highest BCUT2D eigenvalue weighted by molar-refractivity contribution is 5.84. The lowest BCUT2D eigenvalue weighted by Crippen LogP contribution is -2.67. The number of allylic oxidation sites excluding steroid dienone is 2. The van der Waals surface area contributed by atoms with Gasteiger partial charge in [0.15, 0.2) is 6.23 Å². The number of amides is 1. The van der Waals surface area contributed by atoms with Crippen LogP contribution in [0, 0.1) is 50.2 Å². The Morgan fingerprint density at radius 1 is 0.864 bits per heavy atom. The first-order valence-corrected chi connectivity index (χ1v) is 17.4. The molecule has 0 spiro atoms. The second-order valence-electron chi connectivity index (χ2n) is 18.0. The van der Waals surface area contributed by atoms with Gasteiger partial charge in [-0.3, -0.25) is 4.79 Å². The Balaban J connectivity index is 1.35. The summed E-state index contributed by atoms with van der Waals surface area (Å²) in [5, 5.41) is 55.1. The Hall–Kier alpha value is -1.03. The number of carbonyl (C=O) groups excluding carboxylic acids is 1. The number of aliphatic hydroxyl groups is 5. The van der Waals surface area contributed by atoms with Gasteiger partial charge < -0.3 is 35.6 Å². The van der Waals surface area contributed by atoms with E-state index in [1.165, 1.54) is 5.57 Å². The second kappa shape index (κ2) is 10.5. The molecule has 8 nitrogen and oxygen atoms in total.